The fourth-order valence-electron chi connectivity index (χ4n) is 1.89. The van der Waals surface area contributed by atoms with Gasteiger partial charge in [0.25, 0.3) is 0 Å². The van der Waals surface area contributed by atoms with Crippen LogP contribution in [-0.2, 0) is 18.3 Å². The Kier molecular flexibility index (Phi) is 4.39. The lowest BCUT2D eigenvalue weighted by molar-refractivity contribution is -0.114. The van der Waals surface area contributed by atoms with E-state index >= 15 is 0 Å². The number of halogens is 1. The molecule has 4 nitrogen and oxygen atoms in total. The molecule has 0 aliphatic carbocycles. The minimum absolute atomic E-state index is 0.0329. The molecule has 5 heteroatoms. The summed E-state index contributed by atoms with van der Waals surface area (Å²) in [5.74, 6) is 0.0329. The molecule has 0 unspecified atom stereocenters. The van der Waals surface area contributed by atoms with E-state index in [1.54, 1.807) is 16.8 Å². The third kappa shape index (κ3) is 3.36. The van der Waals surface area contributed by atoms with Gasteiger partial charge in [-0.15, -0.1) is 0 Å². The first-order valence-corrected chi connectivity index (χ1v) is 7.01. The van der Waals surface area contributed by atoms with E-state index in [0.717, 1.165) is 21.4 Å². The van der Waals surface area contributed by atoms with Gasteiger partial charge in [-0.1, -0.05) is 18.2 Å². The zero-order valence-electron chi connectivity index (χ0n) is 11.4. The minimum atomic E-state index is 0.0329. The number of carbonyl (C=O) groups is 1. The normalized spacial score (nSPS) is 11.2. The van der Waals surface area contributed by atoms with E-state index in [4.69, 9.17) is 5.73 Å². The fourth-order valence-corrected chi connectivity index (χ4v) is 2.37. The standard InChI is InChI=1S/C15H16BrN3O/c1-10-15(16)14(19(2)18-10)9-13(20)8-5-11-3-6-12(17)7-4-11/h3-8H,9,17H2,1-2H3/b8-5+. The average molecular weight is 334 g/mol. The second-order valence-electron chi connectivity index (χ2n) is 4.61. The molecule has 2 rings (SSSR count). The van der Waals surface area contributed by atoms with Crippen molar-refractivity contribution in [2.75, 3.05) is 5.73 Å². The molecule has 104 valence electrons. The van der Waals surface area contributed by atoms with Crippen molar-refractivity contribution in [1.29, 1.82) is 0 Å². The Morgan fingerprint density at radius 2 is 2.05 bits per heavy atom. The molecule has 1 aromatic heterocycles. The Bertz CT molecular complexity index is 657. The van der Waals surface area contributed by atoms with Crippen molar-refractivity contribution in [2.24, 2.45) is 7.05 Å². The van der Waals surface area contributed by atoms with E-state index in [1.807, 2.05) is 38.2 Å². The molecule has 1 aromatic carbocycles. The molecular formula is C15H16BrN3O. The number of nitrogen functional groups attached to an aromatic ring is 1. The highest BCUT2D eigenvalue weighted by Crippen LogP contribution is 2.21. The number of aromatic nitrogens is 2. The quantitative estimate of drug-likeness (QED) is 0.691. The zero-order chi connectivity index (χ0) is 14.7. The van der Waals surface area contributed by atoms with Gasteiger partial charge in [0.1, 0.15) is 0 Å². The molecular weight excluding hydrogens is 318 g/mol. The van der Waals surface area contributed by atoms with Crippen molar-refractivity contribution in [2.45, 2.75) is 13.3 Å². The lowest BCUT2D eigenvalue weighted by Crippen LogP contribution is -2.05. The van der Waals surface area contributed by atoms with Gasteiger partial charge in [0.2, 0.25) is 0 Å². The predicted octanol–water partition coefficient (Wildman–Crippen LogP) is 2.90. The van der Waals surface area contributed by atoms with Gasteiger partial charge >= 0.3 is 0 Å². The molecule has 2 aromatic rings. The van der Waals surface area contributed by atoms with E-state index in [0.29, 0.717) is 12.1 Å². The van der Waals surface area contributed by atoms with Crippen LogP contribution in [0.15, 0.2) is 34.8 Å². The number of anilines is 1. The van der Waals surface area contributed by atoms with E-state index in [1.165, 1.54) is 0 Å². The van der Waals surface area contributed by atoms with Gasteiger partial charge in [-0.3, -0.25) is 9.48 Å². The number of carbonyl (C=O) groups excluding carboxylic acids is 1. The minimum Gasteiger partial charge on any atom is -0.399 e. The Labute approximate surface area is 126 Å². The van der Waals surface area contributed by atoms with Crippen molar-refractivity contribution >= 4 is 33.5 Å². The summed E-state index contributed by atoms with van der Waals surface area (Å²) in [4.78, 5) is 12.0. The van der Waals surface area contributed by atoms with Crippen LogP contribution >= 0.6 is 15.9 Å². The molecule has 0 saturated carbocycles. The number of hydrogen-bond donors (Lipinski definition) is 1. The molecule has 0 fully saturated rings. The molecule has 0 spiro atoms. The third-order valence-electron chi connectivity index (χ3n) is 3.00. The van der Waals surface area contributed by atoms with Gasteiger partial charge in [0, 0.05) is 12.7 Å². The first-order valence-electron chi connectivity index (χ1n) is 6.22. The maximum atomic E-state index is 12.0. The van der Waals surface area contributed by atoms with Crippen LogP contribution in [0.4, 0.5) is 5.69 Å². The largest absolute Gasteiger partial charge is 0.399 e. The van der Waals surface area contributed by atoms with Crippen LogP contribution in [-0.4, -0.2) is 15.6 Å². The summed E-state index contributed by atoms with van der Waals surface area (Å²) in [6.45, 7) is 1.91. The lowest BCUT2D eigenvalue weighted by Gasteiger charge is -2.00. The molecule has 1 heterocycles. The zero-order valence-corrected chi connectivity index (χ0v) is 13.0. The average Bonchev–Trinajstić information content (AvgIpc) is 2.65. The molecule has 0 aliphatic rings. The van der Waals surface area contributed by atoms with Crippen molar-refractivity contribution in [1.82, 2.24) is 9.78 Å². The summed E-state index contributed by atoms with van der Waals surface area (Å²) in [5, 5.41) is 4.27. The first kappa shape index (κ1) is 14.5. The third-order valence-corrected chi connectivity index (χ3v) is 4.03. The highest BCUT2D eigenvalue weighted by Gasteiger charge is 2.12. The van der Waals surface area contributed by atoms with Crippen LogP contribution in [0, 0.1) is 6.92 Å². The van der Waals surface area contributed by atoms with Crippen LogP contribution < -0.4 is 5.73 Å². The number of nitrogens with zero attached hydrogens (tertiary/aromatic N) is 2. The Morgan fingerprint density at radius 1 is 1.40 bits per heavy atom. The molecule has 2 N–H and O–H groups in total. The number of ketones is 1. The SMILES string of the molecule is Cc1nn(C)c(CC(=O)/C=C/c2ccc(N)cc2)c1Br. The molecule has 20 heavy (non-hydrogen) atoms. The summed E-state index contributed by atoms with van der Waals surface area (Å²) >= 11 is 3.46. The van der Waals surface area contributed by atoms with Crippen LogP contribution in [0.3, 0.4) is 0 Å². The van der Waals surface area contributed by atoms with Gasteiger partial charge < -0.3 is 5.73 Å². The summed E-state index contributed by atoms with van der Waals surface area (Å²) < 4.78 is 2.63. The highest BCUT2D eigenvalue weighted by atomic mass is 79.9. The van der Waals surface area contributed by atoms with Gasteiger partial charge in [0.15, 0.2) is 5.78 Å². The smallest absolute Gasteiger partial charge is 0.161 e. The van der Waals surface area contributed by atoms with Crippen LogP contribution in [0.5, 0.6) is 0 Å². The number of hydrogen-bond acceptors (Lipinski definition) is 3. The Morgan fingerprint density at radius 3 is 2.60 bits per heavy atom. The van der Waals surface area contributed by atoms with E-state index in [2.05, 4.69) is 21.0 Å². The molecule has 0 aliphatic heterocycles. The van der Waals surface area contributed by atoms with Crippen LogP contribution in [0.2, 0.25) is 0 Å². The number of benzene rings is 1. The second kappa shape index (κ2) is 6.05. The topological polar surface area (TPSA) is 60.9 Å². The fraction of sp³-hybridized carbons (Fsp3) is 0.200. The number of allylic oxidation sites excluding steroid dienone is 1. The number of rotatable bonds is 4. The van der Waals surface area contributed by atoms with Gasteiger partial charge in [-0.25, -0.2) is 0 Å². The van der Waals surface area contributed by atoms with Gasteiger partial charge in [-0.05, 0) is 46.6 Å². The maximum Gasteiger partial charge on any atom is 0.161 e. The van der Waals surface area contributed by atoms with E-state index < -0.39 is 0 Å². The Balaban J connectivity index is 2.07. The summed E-state index contributed by atoms with van der Waals surface area (Å²) in [6, 6.07) is 7.38. The van der Waals surface area contributed by atoms with Crippen molar-refractivity contribution < 1.29 is 4.79 Å². The monoisotopic (exact) mass is 333 g/mol. The van der Waals surface area contributed by atoms with Crippen molar-refractivity contribution in [3.8, 4) is 0 Å². The first-order chi connectivity index (χ1) is 9.47. The molecule has 0 atom stereocenters. The maximum absolute atomic E-state index is 12.0. The number of aryl methyl sites for hydroxylation is 2. The predicted molar refractivity (Wildman–Crippen MR) is 84.2 cm³/mol. The van der Waals surface area contributed by atoms with Gasteiger partial charge in [0.05, 0.1) is 22.3 Å². The summed E-state index contributed by atoms with van der Waals surface area (Å²) in [5.41, 5.74) is 9.05. The van der Waals surface area contributed by atoms with E-state index in [9.17, 15) is 4.79 Å². The Hall–Kier alpha value is -1.88. The van der Waals surface area contributed by atoms with Crippen LogP contribution in [0.25, 0.3) is 6.08 Å². The molecule has 0 amide bonds. The van der Waals surface area contributed by atoms with Crippen molar-refractivity contribution in [3.05, 3.63) is 51.8 Å². The second-order valence-corrected chi connectivity index (χ2v) is 5.41. The molecule has 0 bridgehead atoms. The summed E-state index contributed by atoms with van der Waals surface area (Å²) in [6.07, 6.45) is 3.70. The molecule has 0 saturated heterocycles. The molecule has 0 radical (unpaired) electrons. The number of nitrogens with two attached hydrogens (primary N) is 1. The lowest BCUT2D eigenvalue weighted by atomic mass is 10.1. The highest BCUT2D eigenvalue weighted by molar-refractivity contribution is 9.10. The van der Waals surface area contributed by atoms with Crippen molar-refractivity contribution in [3.63, 3.8) is 0 Å². The van der Waals surface area contributed by atoms with Crippen LogP contribution in [0.1, 0.15) is 17.0 Å². The van der Waals surface area contributed by atoms with E-state index in [-0.39, 0.29) is 5.78 Å². The van der Waals surface area contributed by atoms with Gasteiger partial charge in [-0.2, -0.15) is 5.10 Å². The summed E-state index contributed by atoms with van der Waals surface area (Å²) in [7, 11) is 1.84.